The second kappa shape index (κ2) is 2.69. The molecule has 0 saturated heterocycles. The zero-order chi connectivity index (χ0) is 7.56. The lowest BCUT2D eigenvalue weighted by molar-refractivity contribution is -0.107. The van der Waals surface area contributed by atoms with Gasteiger partial charge in [0.15, 0.2) is 0 Å². The van der Waals surface area contributed by atoms with E-state index < -0.39 is 0 Å². The molecule has 1 heterocycles. The van der Waals surface area contributed by atoms with Gasteiger partial charge in [0, 0.05) is 17.8 Å². The molecule has 0 spiro atoms. The lowest BCUT2D eigenvalue weighted by atomic mass is 10.2. The average molecular weight is 137 g/mol. The number of aromatic nitrogens is 1. The summed E-state index contributed by atoms with van der Waals surface area (Å²) in [5.74, 6) is 0. The maximum atomic E-state index is 10.1. The number of nitrogens with one attached hydrogen (secondary N) is 1. The first kappa shape index (κ1) is 7.06. The monoisotopic (exact) mass is 137 g/mol. The summed E-state index contributed by atoms with van der Waals surface area (Å²) in [6.45, 7) is 3.97. The molecule has 0 fully saturated rings. The fourth-order valence-corrected chi connectivity index (χ4v) is 1.08. The first-order valence-corrected chi connectivity index (χ1v) is 3.32. The minimum atomic E-state index is 0.524. The Labute approximate surface area is 60.3 Å². The molecule has 0 saturated carbocycles. The molecule has 1 aromatic rings. The average Bonchev–Trinajstić information content (AvgIpc) is 2.13. The number of H-pyrrole nitrogens is 1. The molecule has 0 amide bonds. The molecule has 10 heavy (non-hydrogen) atoms. The largest absolute Gasteiger partial charge is 0.362 e. The molecule has 1 N–H and O–H groups in total. The highest BCUT2D eigenvalue weighted by Gasteiger charge is 1.98. The lowest BCUT2D eigenvalue weighted by Crippen LogP contribution is -1.84. The van der Waals surface area contributed by atoms with Crippen molar-refractivity contribution in [3.05, 3.63) is 23.0 Å². The van der Waals surface area contributed by atoms with Crippen LogP contribution in [0.4, 0.5) is 0 Å². The molecule has 0 aliphatic heterocycles. The van der Waals surface area contributed by atoms with Crippen LogP contribution >= 0.6 is 0 Å². The van der Waals surface area contributed by atoms with Gasteiger partial charge in [0.1, 0.15) is 6.29 Å². The minimum absolute atomic E-state index is 0.524. The van der Waals surface area contributed by atoms with Crippen molar-refractivity contribution < 1.29 is 4.79 Å². The van der Waals surface area contributed by atoms with Crippen LogP contribution in [-0.4, -0.2) is 11.3 Å². The van der Waals surface area contributed by atoms with Crippen LogP contribution in [0.3, 0.4) is 0 Å². The van der Waals surface area contributed by atoms with Crippen LogP contribution in [-0.2, 0) is 11.2 Å². The predicted molar refractivity (Wildman–Crippen MR) is 40.0 cm³/mol. The van der Waals surface area contributed by atoms with Crippen LogP contribution in [0, 0.1) is 13.8 Å². The van der Waals surface area contributed by atoms with E-state index in [0.717, 1.165) is 23.2 Å². The SMILES string of the molecule is Cc1cc(CC=O)c(C)[nH]1. The van der Waals surface area contributed by atoms with Gasteiger partial charge in [-0.25, -0.2) is 0 Å². The normalized spacial score (nSPS) is 9.80. The Balaban J connectivity index is 2.91. The van der Waals surface area contributed by atoms with Crippen molar-refractivity contribution in [1.29, 1.82) is 0 Å². The van der Waals surface area contributed by atoms with Crippen LogP contribution in [0.1, 0.15) is 17.0 Å². The summed E-state index contributed by atoms with van der Waals surface area (Å²) in [6, 6.07) is 2.00. The fraction of sp³-hybridized carbons (Fsp3) is 0.375. The minimum Gasteiger partial charge on any atom is -0.362 e. The van der Waals surface area contributed by atoms with E-state index in [1.54, 1.807) is 0 Å². The number of carbonyl (C=O) groups is 1. The van der Waals surface area contributed by atoms with Gasteiger partial charge < -0.3 is 9.78 Å². The number of hydrogen-bond acceptors (Lipinski definition) is 1. The van der Waals surface area contributed by atoms with Crippen molar-refractivity contribution in [1.82, 2.24) is 4.98 Å². The van der Waals surface area contributed by atoms with E-state index in [0.29, 0.717) is 6.42 Å². The summed E-state index contributed by atoms with van der Waals surface area (Å²) >= 11 is 0. The van der Waals surface area contributed by atoms with E-state index >= 15 is 0 Å². The zero-order valence-electron chi connectivity index (χ0n) is 6.27. The maximum Gasteiger partial charge on any atom is 0.124 e. The van der Waals surface area contributed by atoms with E-state index in [-0.39, 0.29) is 0 Å². The van der Waals surface area contributed by atoms with Crippen molar-refractivity contribution >= 4 is 6.29 Å². The van der Waals surface area contributed by atoms with Gasteiger partial charge >= 0.3 is 0 Å². The van der Waals surface area contributed by atoms with Crippen LogP contribution in [0.15, 0.2) is 6.07 Å². The summed E-state index contributed by atoms with van der Waals surface area (Å²) in [5, 5.41) is 0. The van der Waals surface area contributed by atoms with Gasteiger partial charge in [0.25, 0.3) is 0 Å². The second-order valence-electron chi connectivity index (χ2n) is 2.47. The molecular formula is C8H11NO. The van der Waals surface area contributed by atoms with Crippen molar-refractivity contribution in [2.24, 2.45) is 0 Å². The first-order valence-electron chi connectivity index (χ1n) is 3.32. The topological polar surface area (TPSA) is 32.9 Å². The molecule has 0 atom stereocenters. The number of aldehydes is 1. The molecule has 0 aromatic carbocycles. The van der Waals surface area contributed by atoms with Gasteiger partial charge in [0.05, 0.1) is 0 Å². The van der Waals surface area contributed by atoms with Crippen molar-refractivity contribution in [2.75, 3.05) is 0 Å². The molecule has 0 bridgehead atoms. The highest BCUT2D eigenvalue weighted by atomic mass is 16.1. The zero-order valence-corrected chi connectivity index (χ0v) is 6.27. The molecule has 2 heteroatoms. The lowest BCUT2D eigenvalue weighted by Gasteiger charge is -1.88. The predicted octanol–water partition coefficient (Wildman–Crippen LogP) is 1.37. The molecular weight excluding hydrogens is 126 g/mol. The third-order valence-corrected chi connectivity index (χ3v) is 1.56. The molecule has 1 aromatic heterocycles. The third kappa shape index (κ3) is 1.26. The smallest absolute Gasteiger partial charge is 0.124 e. The Morgan fingerprint density at radius 2 is 2.30 bits per heavy atom. The van der Waals surface area contributed by atoms with Gasteiger partial charge in [-0.3, -0.25) is 0 Å². The Hall–Kier alpha value is -1.05. The summed E-state index contributed by atoms with van der Waals surface area (Å²) in [7, 11) is 0. The molecule has 0 unspecified atom stereocenters. The van der Waals surface area contributed by atoms with E-state index in [9.17, 15) is 4.79 Å². The first-order chi connectivity index (χ1) is 4.74. The Morgan fingerprint density at radius 3 is 2.70 bits per heavy atom. The Bertz CT molecular complexity index is 237. The maximum absolute atomic E-state index is 10.1. The highest BCUT2D eigenvalue weighted by molar-refractivity contribution is 5.55. The molecule has 0 aliphatic carbocycles. The standard InChI is InChI=1S/C8H11NO/c1-6-5-8(3-4-10)7(2)9-6/h4-5,9H,3H2,1-2H3. The van der Waals surface area contributed by atoms with E-state index in [4.69, 9.17) is 0 Å². The summed E-state index contributed by atoms with van der Waals surface area (Å²) in [4.78, 5) is 13.3. The fourth-order valence-electron chi connectivity index (χ4n) is 1.08. The van der Waals surface area contributed by atoms with Crippen molar-refractivity contribution in [3.8, 4) is 0 Å². The number of rotatable bonds is 2. The van der Waals surface area contributed by atoms with Crippen molar-refractivity contribution in [2.45, 2.75) is 20.3 Å². The van der Waals surface area contributed by atoms with E-state index in [2.05, 4.69) is 4.98 Å². The van der Waals surface area contributed by atoms with Gasteiger partial charge in [-0.2, -0.15) is 0 Å². The van der Waals surface area contributed by atoms with Gasteiger partial charge in [-0.05, 0) is 25.5 Å². The number of carbonyl (C=O) groups excluding carboxylic acids is 1. The van der Waals surface area contributed by atoms with Crippen molar-refractivity contribution in [3.63, 3.8) is 0 Å². The highest BCUT2D eigenvalue weighted by Crippen LogP contribution is 2.08. The molecule has 0 radical (unpaired) electrons. The van der Waals surface area contributed by atoms with Gasteiger partial charge in [-0.15, -0.1) is 0 Å². The quantitative estimate of drug-likeness (QED) is 0.613. The summed E-state index contributed by atoms with van der Waals surface area (Å²) < 4.78 is 0. The molecule has 2 nitrogen and oxygen atoms in total. The van der Waals surface area contributed by atoms with Crippen LogP contribution in [0.2, 0.25) is 0 Å². The summed E-state index contributed by atoms with van der Waals surface area (Å²) in [6.07, 6.45) is 1.45. The van der Waals surface area contributed by atoms with Gasteiger partial charge in [-0.1, -0.05) is 0 Å². The Morgan fingerprint density at radius 1 is 1.60 bits per heavy atom. The van der Waals surface area contributed by atoms with Crippen LogP contribution in [0.25, 0.3) is 0 Å². The van der Waals surface area contributed by atoms with E-state index in [1.165, 1.54) is 0 Å². The third-order valence-electron chi connectivity index (χ3n) is 1.56. The number of aromatic amines is 1. The Kier molecular flexibility index (Phi) is 1.90. The molecule has 1 rings (SSSR count). The summed E-state index contributed by atoms with van der Waals surface area (Å²) in [5.41, 5.74) is 3.33. The van der Waals surface area contributed by atoms with Gasteiger partial charge in [0.2, 0.25) is 0 Å². The molecule has 54 valence electrons. The van der Waals surface area contributed by atoms with Crippen LogP contribution in [0.5, 0.6) is 0 Å². The van der Waals surface area contributed by atoms with Crippen LogP contribution < -0.4 is 0 Å². The second-order valence-corrected chi connectivity index (χ2v) is 2.47. The van der Waals surface area contributed by atoms with E-state index in [1.807, 2.05) is 19.9 Å². The molecule has 0 aliphatic rings. The number of aryl methyl sites for hydroxylation is 2. The number of hydrogen-bond donors (Lipinski definition) is 1.